The van der Waals surface area contributed by atoms with E-state index in [4.69, 9.17) is 0 Å². The van der Waals surface area contributed by atoms with Crippen molar-refractivity contribution >= 4 is 11.5 Å². The highest BCUT2D eigenvalue weighted by molar-refractivity contribution is 7.03. The van der Waals surface area contributed by atoms with Gasteiger partial charge in [0, 0.05) is 12.3 Å². The van der Waals surface area contributed by atoms with Crippen molar-refractivity contribution in [3.05, 3.63) is 34.5 Å². The minimum absolute atomic E-state index is 0.0943. The van der Waals surface area contributed by atoms with Gasteiger partial charge in [0.05, 0.1) is 6.54 Å². The molecule has 0 atom stereocenters. The summed E-state index contributed by atoms with van der Waals surface area (Å²) in [5.74, 6) is 0. The van der Waals surface area contributed by atoms with Crippen molar-refractivity contribution < 1.29 is 0 Å². The minimum Gasteiger partial charge on any atom is -0.298 e. The Balaban J connectivity index is 2.84. The number of hydrogen-bond donors (Lipinski definition) is 0. The molecule has 2 nitrogen and oxygen atoms in total. The van der Waals surface area contributed by atoms with Crippen LogP contribution in [-0.4, -0.2) is 3.96 Å². The molecule has 0 N–H and O–H groups in total. The minimum atomic E-state index is 0.0943. The van der Waals surface area contributed by atoms with E-state index in [1.807, 2.05) is 3.96 Å². The summed E-state index contributed by atoms with van der Waals surface area (Å²) in [4.78, 5) is 10.5. The predicted molar refractivity (Wildman–Crippen MR) is 38.8 cm³/mol. The van der Waals surface area contributed by atoms with E-state index in [1.54, 1.807) is 18.3 Å². The van der Waals surface area contributed by atoms with Crippen LogP contribution in [-0.2, 0) is 6.54 Å². The Bertz CT molecular complexity index is 248. The number of aromatic nitrogens is 1. The molecule has 3 heteroatoms. The standard InChI is InChI=1S/C6H7NOS/c1-2-4-7-5-3-6(8)9-7/h2-3,5H,1,4H2. The first kappa shape index (κ1) is 6.29. The zero-order valence-corrected chi connectivity index (χ0v) is 5.73. The van der Waals surface area contributed by atoms with Crippen LogP contribution in [0.5, 0.6) is 0 Å². The normalized spacial score (nSPS) is 9.33. The molecule has 0 bridgehead atoms. The Labute approximate surface area is 57.2 Å². The van der Waals surface area contributed by atoms with Gasteiger partial charge in [-0.3, -0.25) is 8.75 Å². The highest BCUT2D eigenvalue weighted by Crippen LogP contribution is 1.90. The van der Waals surface area contributed by atoms with Crippen molar-refractivity contribution in [3.63, 3.8) is 0 Å². The average Bonchev–Trinajstić information content (AvgIpc) is 2.17. The molecular weight excluding hydrogens is 134 g/mol. The van der Waals surface area contributed by atoms with Crippen LogP contribution in [0.2, 0.25) is 0 Å². The summed E-state index contributed by atoms with van der Waals surface area (Å²) in [7, 11) is 0. The van der Waals surface area contributed by atoms with Gasteiger partial charge >= 0.3 is 0 Å². The maximum absolute atomic E-state index is 10.5. The molecule has 0 aromatic carbocycles. The van der Waals surface area contributed by atoms with Gasteiger partial charge in [0.15, 0.2) is 0 Å². The van der Waals surface area contributed by atoms with E-state index in [9.17, 15) is 4.79 Å². The van der Waals surface area contributed by atoms with E-state index in [1.165, 1.54) is 11.5 Å². The molecule has 0 unspecified atom stereocenters. The predicted octanol–water partition coefficient (Wildman–Crippen LogP) is 1.10. The van der Waals surface area contributed by atoms with Gasteiger partial charge in [-0.2, -0.15) is 0 Å². The van der Waals surface area contributed by atoms with Crippen LogP contribution in [0.25, 0.3) is 0 Å². The first-order chi connectivity index (χ1) is 4.33. The van der Waals surface area contributed by atoms with E-state index >= 15 is 0 Å². The van der Waals surface area contributed by atoms with Crippen LogP contribution in [0.4, 0.5) is 0 Å². The van der Waals surface area contributed by atoms with Gasteiger partial charge in [-0.15, -0.1) is 6.58 Å². The lowest BCUT2D eigenvalue weighted by Gasteiger charge is -1.89. The van der Waals surface area contributed by atoms with E-state index in [0.29, 0.717) is 0 Å². The molecule has 0 aliphatic heterocycles. The van der Waals surface area contributed by atoms with Gasteiger partial charge in [0.2, 0.25) is 4.74 Å². The van der Waals surface area contributed by atoms with Crippen molar-refractivity contribution in [2.24, 2.45) is 0 Å². The molecule has 1 rings (SSSR count). The Morgan fingerprint density at radius 1 is 1.89 bits per heavy atom. The monoisotopic (exact) mass is 141 g/mol. The number of hydrogen-bond acceptors (Lipinski definition) is 2. The van der Waals surface area contributed by atoms with Gasteiger partial charge in [-0.05, 0) is 11.5 Å². The van der Waals surface area contributed by atoms with Gasteiger partial charge in [0.25, 0.3) is 0 Å². The Hall–Kier alpha value is -0.830. The molecule has 1 heterocycles. The molecule has 48 valence electrons. The zero-order valence-electron chi connectivity index (χ0n) is 4.91. The molecule has 0 saturated heterocycles. The largest absolute Gasteiger partial charge is 0.298 e. The average molecular weight is 141 g/mol. The second-order valence-electron chi connectivity index (χ2n) is 1.61. The molecule has 0 amide bonds. The van der Waals surface area contributed by atoms with E-state index in [-0.39, 0.29) is 4.74 Å². The SMILES string of the molecule is C=CCn1ccc(=O)s1. The topological polar surface area (TPSA) is 22.0 Å². The molecule has 0 aliphatic rings. The van der Waals surface area contributed by atoms with Crippen molar-refractivity contribution in [1.82, 2.24) is 3.96 Å². The summed E-state index contributed by atoms with van der Waals surface area (Å²) < 4.78 is 1.92. The maximum Gasteiger partial charge on any atom is 0.249 e. The molecule has 1 aromatic rings. The van der Waals surface area contributed by atoms with Crippen molar-refractivity contribution in [3.8, 4) is 0 Å². The van der Waals surface area contributed by atoms with Crippen molar-refractivity contribution in [1.29, 1.82) is 0 Å². The number of rotatable bonds is 2. The quantitative estimate of drug-likeness (QED) is 0.565. The number of allylic oxidation sites excluding steroid dienone is 1. The summed E-state index contributed by atoms with van der Waals surface area (Å²) in [6.45, 7) is 4.28. The highest BCUT2D eigenvalue weighted by atomic mass is 32.1. The molecule has 1 aromatic heterocycles. The summed E-state index contributed by atoms with van der Waals surface area (Å²) in [6, 6.07) is 1.55. The molecule has 0 spiro atoms. The zero-order chi connectivity index (χ0) is 6.69. The van der Waals surface area contributed by atoms with Gasteiger partial charge in [-0.25, -0.2) is 0 Å². The first-order valence-electron chi connectivity index (χ1n) is 2.60. The fourth-order valence-electron chi connectivity index (χ4n) is 0.546. The second-order valence-corrected chi connectivity index (χ2v) is 2.67. The third-order valence-electron chi connectivity index (χ3n) is 0.893. The number of nitrogens with zero attached hydrogens (tertiary/aromatic N) is 1. The molecule has 0 fully saturated rings. The molecular formula is C6H7NOS. The Morgan fingerprint density at radius 2 is 2.67 bits per heavy atom. The Kier molecular flexibility index (Phi) is 1.85. The molecule has 0 saturated carbocycles. The first-order valence-corrected chi connectivity index (χ1v) is 3.38. The highest BCUT2D eigenvalue weighted by Gasteiger charge is 1.87. The van der Waals surface area contributed by atoms with Gasteiger partial charge in [-0.1, -0.05) is 6.08 Å². The molecule has 9 heavy (non-hydrogen) atoms. The van der Waals surface area contributed by atoms with E-state index in [0.717, 1.165) is 6.54 Å². The van der Waals surface area contributed by atoms with Crippen LogP contribution in [0, 0.1) is 0 Å². The summed E-state index contributed by atoms with van der Waals surface area (Å²) in [5.41, 5.74) is 0. The summed E-state index contributed by atoms with van der Waals surface area (Å²) >= 11 is 1.20. The molecule has 0 radical (unpaired) electrons. The maximum atomic E-state index is 10.5. The van der Waals surface area contributed by atoms with E-state index in [2.05, 4.69) is 6.58 Å². The van der Waals surface area contributed by atoms with Gasteiger partial charge < -0.3 is 0 Å². The van der Waals surface area contributed by atoms with Crippen LogP contribution < -0.4 is 4.74 Å². The van der Waals surface area contributed by atoms with E-state index < -0.39 is 0 Å². The lowest BCUT2D eigenvalue weighted by Crippen LogP contribution is -1.87. The third kappa shape index (κ3) is 1.54. The smallest absolute Gasteiger partial charge is 0.249 e. The van der Waals surface area contributed by atoms with Crippen molar-refractivity contribution in [2.75, 3.05) is 0 Å². The summed E-state index contributed by atoms with van der Waals surface area (Å²) in [5, 5.41) is 0. The van der Waals surface area contributed by atoms with Crippen molar-refractivity contribution in [2.45, 2.75) is 6.54 Å². The Morgan fingerprint density at radius 3 is 3.11 bits per heavy atom. The van der Waals surface area contributed by atoms with Gasteiger partial charge in [0.1, 0.15) is 0 Å². The van der Waals surface area contributed by atoms with Crippen LogP contribution in [0.3, 0.4) is 0 Å². The second kappa shape index (κ2) is 2.64. The fourth-order valence-corrected chi connectivity index (χ4v) is 1.20. The lowest BCUT2D eigenvalue weighted by atomic mass is 10.6. The van der Waals surface area contributed by atoms with Crippen LogP contribution in [0.15, 0.2) is 29.7 Å². The lowest BCUT2D eigenvalue weighted by molar-refractivity contribution is 0.915. The third-order valence-corrected chi connectivity index (χ3v) is 1.71. The fraction of sp³-hybridized carbons (Fsp3) is 0.167. The van der Waals surface area contributed by atoms with Crippen LogP contribution in [0.1, 0.15) is 0 Å². The molecule has 0 aliphatic carbocycles. The summed E-state index contributed by atoms with van der Waals surface area (Å²) in [6.07, 6.45) is 3.52. The van der Waals surface area contributed by atoms with Crippen LogP contribution >= 0.6 is 11.5 Å².